The summed E-state index contributed by atoms with van der Waals surface area (Å²) in [4.78, 5) is 51.3. The molecular formula is C30H29ClN2O7. The molecule has 0 aromatic heterocycles. The Kier molecular flexibility index (Phi) is 9.75. The van der Waals surface area contributed by atoms with Crippen LogP contribution in [0.25, 0.3) is 0 Å². The zero-order valence-corrected chi connectivity index (χ0v) is 22.4. The molecule has 208 valence electrons. The van der Waals surface area contributed by atoms with E-state index in [1.54, 1.807) is 36.4 Å². The van der Waals surface area contributed by atoms with Crippen molar-refractivity contribution in [3.8, 4) is 0 Å². The van der Waals surface area contributed by atoms with Crippen molar-refractivity contribution in [3.05, 3.63) is 107 Å². The number of benzene rings is 3. The monoisotopic (exact) mass is 564 g/mol. The Morgan fingerprint density at radius 2 is 1.40 bits per heavy atom. The highest BCUT2D eigenvalue weighted by atomic mass is 35.5. The topological polar surface area (TPSA) is 120 Å². The first-order valence-electron chi connectivity index (χ1n) is 12.8. The van der Waals surface area contributed by atoms with Crippen molar-refractivity contribution in [2.24, 2.45) is 0 Å². The highest BCUT2D eigenvalue weighted by Gasteiger charge is 2.50. The normalized spacial score (nSPS) is 18.3. The Balaban J connectivity index is 1.40. The van der Waals surface area contributed by atoms with Crippen LogP contribution in [0.2, 0.25) is 5.02 Å². The summed E-state index contributed by atoms with van der Waals surface area (Å²) in [5.41, 5.74) is 0.374. The molecule has 0 bridgehead atoms. The standard InChI is InChI=1S/C30H29ClN2O7/c31-24-15-8-7-14-23(24)30(33-29(37)39-20-22-12-5-2-6-13-22)17-9-16-25(27(30)35)40-26(34)18-32-28(36)38-19-21-10-3-1-4-11-21/h1-8,10-15,25H,9,16-20H2,(H,32,36)(H,33,37). The molecule has 2 amide bonds. The van der Waals surface area contributed by atoms with E-state index in [4.69, 9.17) is 25.8 Å². The number of rotatable bonds is 9. The highest BCUT2D eigenvalue weighted by Crippen LogP contribution is 2.39. The van der Waals surface area contributed by atoms with Gasteiger partial charge in [0.05, 0.1) is 0 Å². The fourth-order valence-corrected chi connectivity index (χ4v) is 4.81. The molecular weight excluding hydrogens is 536 g/mol. The van der Waals surface area contributed by atoms with E-state index in [-0.39, 0.29) is 31.1 Å². The molecule has 0 saturated heterocycles. The van der Waals surface area contributed by atoms with Gasteiger partial charge in [0, 0.05) is 10.6 Å². The van der Waals surface area contributed by atoms with Gasteiger partial charge in [-0.1, -0.05) is 90.5 Å². The number of amides is 2. The number of hydrogen-bond acceptors (Lipinski definition) is 7. The third kappa shape index (κ3) is 7.39. The fraction of sp³-hybridized carbons (Fsp3) is 0.267. The lowest BCUT2D eigenvalue weighted by molar-refractivity contribution is -0.159. The van der Waals surface area contributed by atoms with Gasteiger partial charge in [0.15, 0.2) is 6.10 Å². The van der Waals surface area contributed by atoms with Crippen LogP contribution in [0.4, 0.5) is 9.59 Å². The zero-order valence-electron chi connectivity index (χ0n) is 21.6. The minimum atomic E-state index is -1.57. The van der Waals surface area contributed by atoms with E-state index in [1.807, 2.05) is 48.5 Å². The quantitative estimate of drug-likeness (QED) is 0.275. The number of alkyl carbamates (subject to hydrolysis) is 2. The summed E-state index contributed by atoms with van der Waals surface area (Å²) in [6.45, 7) is -0.456. The van der Waals surface area contributed by atoms with E-state index in [0.717, 1.165) is 11.1 Å². The lowest BCUT2D eigenvalue weighted by Gasteiger charge is -2.40. The summed E-state index contributed by atoms with van der Waals surface area (Å²) in [6.07, 6.45) is -1.87. The van der Waals surface area contributed by atoms with Crippen molar-refractivity contribution < 1.29 is 33.4 Å². The molecule has 2 unspecified atom stereocenters. The maximum atomic E-state index is 13.8. The van der Waals surface area contributed by atoms with E-state index >= 15 is 0 Å². The average molecular weight is 565 g/mol. The van der Waals surface area contributed by atoms with Crippen LogP contribution in [-0.4, -0.2) is 36.6 Å². The molecule has 1 fully saturated rings. The first-order valence-corrected chi connectivity index (χ1v) is 13.2. The molecule has 2 atom stereocenters. The van der Waals surface area contributed by atoms with Crippen molar-refractivity contribution in [2.75, 3.05) is 6.54 Å². The van der Waals surface area contributed by atoms with Crippen LogP contribution in [0.5, 0.6) is 0 Å². The van der Waals surface area contributed by atoms with Gasteiger partial charge in [-0.3, -0.25) is 9.59 Å². The first kappa shape index (κ1) is 28.6. The first-order chi connectivity index (χ1) is 19.4. The SMILES string of the molecule is O=C(CNC(=O)OCc1ccccc1)OC1CCCC(NC(=O)OCc2ccccc2)(c2ccccc2Cl)C1=O. The van der Waals surface area contributed by atoms with Gasteiger partial charge in [-0.2, -0.15) is 0 Å². The summed E-state index contributed by atoms with van der Waals surface area (Å²) in [5.74, 6) is -1.36. The number of Topliss-reactive ketones (excluding diaryl/α,β-unsaturated/α-hetero) is 1. The maximum Gasteiger partial charge on any atom is 0.408 e. The van der Waals surface area contributed by atoms with Gasteiger partial charge in [0.2, 0.25) is 5.78 Å². The molecule has 3 aromatic rings. The third-order valence-corrected chi connectivity index (χ3v) is 6.79. The molecule has 1 aliphatic carbocycles. The number of carbonyl (C=O) groups excluding carboxylic acids is 4. The van der Waals surface area contributed by atoms with Gasteiger partial charge in [-0.25, -0.2) is 9.59 Å². The Hall–Kier alpha value is -4.37. The molecule has 9 nitrogen and oxygen atoms in total. The molecule has 2 N–H and O–H groups in total. The second-order valence-corrected chi connectivity index (χ2v) is 9.63. The molecule has 3 aromatic carbocycles. The number of carbonyl (C=O) groups is 4. The smallest absolute Gasteiger partial charge is 0.408 e. The van der Waals surface area contributed by atoms with Crippen molar-refractivity contribution in [3.63, 3.8) is 0 Å². The number of nitrogens with one attached hydrogen (secondary N) is 2. The number of ether oxygens (including phenoxy) is 3. The van der Waals surface area contributed by atoms with Gasteiger partial charge >= 0.3 is 18.2 Å². The Morgan fingerprint density at radius 1 is 0.825 bits per heavy atom. The summed E-state index contributed by atoms with van der Waals surface area (Å²) in [7, 11) is 0. The number of ketones is 1. The Morgan fingerprint density at radius 3 is 2.02 bits per heavy atom. The van der Waals surface area contributed by atoms with Crippen molar-refractivity contribution in [1.82, 2.24) is 10.6 Å². The molecule has 1 saturated carbocycles. The van der Waals surface area contributed by atoms with Gasteiger partial charge in [0.25, 0.3) is 0 Å². The van der Waals surface area contributed by atoms with Crippen LogP contribution >= 0.6 is 11.6 Å². The molecule has 0 heterocycles. The molecule has 4 rings (SSSR count). The van der Waals surface area contributed by atoms with Gasteiger partial charge in [0.1, 0.15) is 25.3 Å². The third-order valence-electron chi connectivity index (χ3n) is 6.46. The number of hydrogen-bond donors (Lipinski definition) is 2. The summed E-state index contributed by atoms with van der Waals surface area (Å²) < 4.78 is 15.9. The van der Waals surface area contributed by atoms with Crippen LogP contribution in [0, 0.1) is 0 Å². The van der Waals surface area contributed by atoms with E-state index in [2.05, 4.69) is 10.6 Å². The van der Waals surface area contributed by atoms with Crippen LogP contribution in [0.15, 0.2) is 84.9 Å². The van der Waals surface area contributed by atoms with E-state index in [1.165, 1.54) is 0 Å². The minimum Gasteiger partial charge on any atom is -0.453 e. The zero-order chi connectivity index (χ0) is 28.4. The molecule has 0 radical (unpaired) electrons. The Labute approximate surface area is 236 Å². The van der Waals surface area contributed by atoms with E-state index in [9.17, 15) is 19.2 Å². The van der Waals surface area contributed by atoms with Crippen molar-refractivity contribution >= 4 is 35.5 Å². The van der Waals surface area contributed by atoms with Crippen LogP contribution < -0.4 is 10.6 Å². The van der Waals surface area contributed by atoms with Crippen LogP contribution in [0.3, 0.4) is 0 Å². The summed E-state index contributed by atoms with van der Waals surface area (Å²) in [6, 6.07) is 24.9. The molecule has 0 spiro atoms. The molecule has 40 heavy (non-hydrogen) atoms. The van der Waals surface area contributed by atoms with Gasteiger partial charge in [-0.05, 0) is 36.5 Å². The Bertz CT molecular complexity index is 1340. The molecule has 10 heteroatoms. The van der Waals surface area contributed by atoms with Gasteiger partial charge in [-0.15, -0.1) is 0 Å². The van der Waals surface area contributed by atoms with E-state index < -0.39 is 42.1 Å². The van der Waals surface area contributed by atoms with Crippen molar-refractivity contribution in [1.29, 1.82) is 0 Å². The highest BCUT2D eigenvalue weighted by molar-refractivity contribution is 6.31. The predicted molar refractivity (Wildman–Crippen MR) is 146 cm³/mol. The predicted octanol–water partition coefficient (Wildman–Crippen LogP) is 5.05. The maximum absolute atomic E-state index is 13.8. The number of halogens is 1. The summed E-state index contributed by atoms with van der Waals surface area (Å²) in [5, 5.41) is 5.32. The van der Waals surface area contributed by atoms with Crippen LogP contribution in [0.1, 0.15) is 36.0 Å². The fourth-order valence-electron chi connectivity index (χ4n) is 4.51. The lowest BCUT2D eigenvalue weighted by atomic mass is 9.74. The molecule has 1 aliphatic rings. The van der Waals surface area contributed by atoms with Gasteiger partial charge < -0.3 is 24.8 Å². The largest absolute Gasteiger partial charge is 0.453 e. The lowest BCUT2D eigenvalue weighted by Crippen LogP contribution is -2.58. The molecule has 0 aliphatic heterocycles. The number of esters is 1. The second kappa shape index (κ2) is 13.6. The van der Waals surface area contributed by atoms with Crippen LogP contribution in [-0.2, 0) is 42.6 Å². The second-order valence-electron chi connectivity index (χ2n) is 9.22. The average Bonchev–Trinajstić information content (AvgIpc) is 2.97. The van der Waals surface area contributed by atoms with E-state index in [0.29, 0.717) is 12.0 Å². The van der Waals surface area contributed by atoms with Crippen molar-refractivity contribution in [2.45, 2.75) is 44.1 Å². The summed E-state index contributed by atoms with van der Waals surface area (Å²) >= 11 is 6.47. The minimum absolute atomic E-state index is 0.00389.